The molecule has 0 bridgehead atoms. The van der Waals surface area contributed by atoms with Crippen LogP contribution in [-0.4, -0.2) is 14.6 Å². The van der Waals surface area contributed by atoms with E-state index in [0.29, 0.717) is 16.9 Å². The normalized spacial score (nSPS) is 13.4. The summed E-state index contributed by atoms with van der Waals surface area (Å²) >= 11 is 0. The minimum Gasteiger partial charge on any atom is -0.285 e. The lowest BCUT2D eigenvalue weighted by Gasteiger charge is -2.22. The molecule has 0 radical (unpaired) electrons. The number of nitrogens with zero attached hydrogens (tertiary/aromatic N) is 4. The van der Waals surface area contributed by atoms with Crippen molar-refractivity contribution in [3.05, 3.63) is 29.7 Å². The largest absolute Gasteiger partial charge is 0.285 e. The molecule has 2 aromatic heterocycles. The van der Waals surface area contributed by atoms with Gasteiger partial charge in [-0.3, -0.25) is 4.40 Å². The second-order valence-corrected chi connectivity index (χ2v) is 6.45. The molecule has 0 saturated heterocycles. The fraction of sp³-hybridized carbons (Fsp3) is 0.533. The second-order valence-electron chi connectivity index (χ2n) is 6.45. The summed E-state index contributed by atoms with van der Waals surface area (Å²) in [4.78, 5) is 0. The number of pyridine rings is 1. The Morgan fingerprint density at radius 1 is 1.32 bits per heavy atom. The van der Waals surface area contributed by atoms with E-state index in [1.165, 1.54) is 0 Å². The van der Waals surface area contributed by atoms with E-state index in [1.54, 1.807) is 6.07 Å². The van der Waals surface area contributed by atoms with Gasteiger partial charge in [0.25, 0.3) is 0 Å². The van der Waals surface area contributed by atoms with Crippen LogP contribution in [0.4, 0.5) is 0 Å². The lowest BCUT2D eigenvalue weighted by Crippen LogP contribution is -2.14. The van der Waals surface area contributed by atoms with Crippen molar-refractivity contribution in [2.24, 2.45) is 11.3 Å². The van der Waals surface area contributed by atoms with Crippen LogP contribution in [0.15, 0.2) is 18.3 Å². The van der Waals surface area contributed by atoms with Crippen LogP contribution < -0.4 is 0 Å². The van der Waals surface area contributed by atoms with E-state index < -0.39 is 0 Å². The van der Waals surface area contributed by atoms with Gasteiger partial charge in [-0.25, -0.2) is 0 Å². The maximum absolute atomic E-state index is 8.96. The average molecular weight is 256 g/mol. The first kappa shape index (κ1) is 13.5. The van der Waals surface area contributed by atoms with Crippen LogP contribution in [0.25, 0.3) is 5.65 Å². The number of hydrogen-bond donors (Lipinski definition) is 0. The SMILES string of the molecule is CC(Cc1nnc2ccc(C#N)cn12)CC(C)(C)C. The van der Waals surface area contributed by atoms with Crippen LogP contribution in [0.2, 0.25) is 0 Å². The smallest absolute Gasteiger partial charge is 0.160 e. The molecule has 100 valence electrons. The Labute approximate surface area is 114 Å². The molecule has 1 unspecified atom stereocenters. The van der Waals surface area contributed by atoms with Gasteiger partial charge < -0.3 is 0 Å². The Morgan fingerprint density at radius 3 is 2.68 bits per heavy atom. The lowest BCUT2D eigenvalue weighted by molar-refractivity contribution is 0.303. The molecule has 0 aliphatic heterocycles. The number of aromatic nitrogens is 3. The van der Waals surface area contributed by atoms with Crippen LogP contribution in [0.1, 0.15) is 45.5 Å². The van der Waals surface area contributed by atoms with E-state index in [-0.39, 0.29) is 0 Å². The molecule has 4 nitrogen and oxygen atoms in total. The van der Waals surface area contributed by atoms with E-state index in [4.69, 9.17) is 5.26 Å². The van der Waals surface area contributed by atoms with Gasteiger partial charge >= 0.3 is 0 Å². The van der Waals surface area contributed by atoms with Crippen molar-refractivity contribution < 1.29 is 0 Å². The van der Waals surface area contributed by atoms with Gasteiger partial charge in [-0.15, -0.1) is 10.2 Å². The number of nitriles is 1. The molecule has 0 fully saturated rings. The predicted octanol–water partition coefficient (Wildman–Crippen LogP) is 3.22. The third-order valence-corrected chi connectivity index (χ3v) is 3.09. The molecule has 0 saturated carbocycles. The van der Waals surface area contributed by atoms with Crippen molar-refractivity contribution in [2.75, 3.05) is 0 Å². The zero-order valence-corrected chi connectivity index (χ0v) is 12.0. The number of fused-ring (bicyclic) bond motifs is 1. The zero-order valence-electron chi connectivity index (χ0n) is 12.0. The molecule has 2 heterocycles. The van der Waals surface area contributed by atoms with Gasteiger partial charge in [-0.1, -0.05) is 27.7 Å². The van der Waals surface area contributed by atoms with Crippen molar-refractivity contribution >= 4 is 5.65 Å². The molecule has 0 spiro atoms. The molecule has 0 aliphatic rings. The third kappa shape index (κ3) is 3.31. The molecule has 0 aromatic carbocycles. The molecule has 0 N–H and O–H groups in total. The minimum atomic E-state index is 0.317. The maximum atomic E-state index is 8.96. The summed E-state index contributed by atoms with van der Waals surface area (Å²) < 4.78 is 1.93. The quantitative estimate of drug-likeness (QED) is 0.847. The van der Waals surface area contributed by atoms with Gasteiger partial charge in [0.1, 0.15) is 11.9 Å². The van der Waals surface area contributed by atoms with E-state index in [2.05, 4.69) is 44.0 Å². The van der Waals surface area contributed by atoms with Gasteiger partial charge in [0.2, 0.25) is 0 Å². The van der Waals surface area contributed by atoms with E-state index in [1.807, 2.05) is 16.7 Å². The molecule has 0 aliphatic carbocycles. The number of rotatable bonds is 3. The first-order valence-electron chi connectivity index (χ1n) is 6.63. The highest BCUT2D eigenvalue weighted by Gasteiger charge is 2.17. The Morgan fingerprint density at radius 2 is 2.05 bits per heavy atom. The van der Waals surface area contributed by atoms with E-state index >= 15 is 0 Å². The summed E-state index contributed by atoms with van der Waals surface area (Å²) in [7, 11) is 0. The van der Waals surface area contributed by atoms with Crippen molar-refractivity contribution in [3.63, 3.8) is 0 Å². The van der Waals surface area contributed by atoms with Gasteiger partial charge in [0.15, 0.2) is 5.65 Å². The highest BCUT2D eigenvalue weighted by atomic mass is 15.2. The lowest BCUT2D eigenvalue weighted by atomic mass is 9.84. The molecular weight excluding hydrogens is 236 g/mol. The Balaban J connectivity index is 2.23. The summed E-state index contributed by atoms with van der Waals surface area (Å²) in [6, 6.07) is 5.76. The van der Waals surface area contributed by atoms with Crippen molar-refractivity contribution in [1.82, 2.24) is 14.6 Å². The highest BCUT2D eigenvalue weighted by molar-refractivity contribution is 5.42. The summed E-state index contributed by atoms with van der Waals surface area (Å²) in [6.45, 7) is 8.98. The summed E-state index contributed by atoms with van der Waals surface area (Å²) in [5.74, 6) is 1.47. The molecular formula is C15H20N4. The predicted molar refractivity (Wildman–Crippen MR) is 74.6 cm³/mol. The molecule has 19 heavy (non-hydrogen) atoms. The van der Waals surface area contributed by atoms with Gasteiger partial charge in [-0.05, 0) is 29.9 Å². The van der Waals surface area contributed by atoms with Crippen LogP contribution in [0.5, 0.6) is 0 Å². The second kappa shape index (κ2) is 5.00. The maximum Gasteiger partial charge on any atom is 0.160 e. The van der Waals surface area contributed by atoms with Crippen LogP contribution in [0, 0.1) is 22.7 Å². The topological polar surface area (TPSA) is 54.0 Å². The monoisotopic (exact) mass is 256 g/mol. The Bertz CT molecular complexity index is 613. The van der Waals surface area contributed by atoms with Crippen molar-refractivity contribution in [3.8, 4) is 6.07 Å². The van der Waals surface area contributed by atoms with Crippen LogP contribution in [0.3, 0.4) is 0 Å². The van der Waals surface area contributed by atoms with Gasteiger partial charge in [-0.2, -0.15) is 5.26 Å². The fourth-order valence-electron chi connectivity index (χ4n) is 2.57. The molecule has 0 amide bonds. The first-order chi connectivity index (χ1) is 8.89. The Hall–Kier alpha value is -1.89. The summed E-state index contributed by atoms with van der Waals surface area (Å²) in [6.07, 6.45) is 3.83. The van der Waals surface area contributed by atoms with Crippen LogP contribution >= 0.6 is 0 Å². The fourth-order valence-corrected chi connectivity index (χ4v) is 2.57. The van der Waals surface area contributed by atoms with Crippen LogP contribution in [-0.2, 0) is 6.42 Å². The zero-order chi connectivity index (χ0) is 14.0. The molecule has 2 rings (SSSR count). The van der Waals surface area contributed by atoms with Gasteiger partial charge in [0, 0.05) is 12.6 Å². The molecule has 2 aromatic rings. The standard InChI is InChI=1S/C15H20N4/c1-11(8-15(2,3)4)7-14-18-17-13-6-5-12(9-16)10-19(13)14/h5-6,10-11H,7-8H2,1-4H3. The van der Waals surface area contributed by atoms with E-state index in [0.717, 1.165) is 24.3 Å². The van der Waals surface area contributed by atoms with Crippen molar-refractivity contribution in [1.29, 1.82) is 5.26 Å². The third-order valence-electron chi connectivity index (χ3n) is 3.09. The average Bonchev–Trinajstić information content (AvgIpc) is 2.69. The molecule has 1 atom stereocenters. The Kier molecular flexibility index (Phi) is 3.57. The summed E-state index contributed by atoms with van der Waals surface area (Å²) in [5.41, 5.74) is 1.76. The van der Waals surface area contributed by atoms with Crippen molar-refractivity contribution in [2.45, 2.75) is 40.5 Å². The van der Waals surface area contributed by atoms with E-state index in [9.17, 15) is 0 Å². The minimum absolute atomic E-state index is 0.317. The number of hydrogen-bond acceptors (Lipinski definition) is 3. The molecule has 4 heteroatoms. The van der Waals surface area contributed by atoms with Gasteiger partial charge in [0.05, 0.1) is 5.56 Å². The summed E-state index contributed by atoms with van der Waals surface area (Å²) in [5, 5.41) is 17.3. The highest BCUT2D eigenvalue weighted by Crippen LogP contribution is 2.26. The first-order valence-corrected chi connectivity index (χ1v) is 6.63.